The second-order valence-electron chi connectivity index (χ2n) is 4.15. The highest BCUT2D eigenvalue weighted by atomic mass is 32.2. The third kappa shape index (κ3) is 2.63. The van der Waals surface area contributed by atoms with Gasteiger partial charge >= 0.3 is 0 Å². The maximum Gasteiger partial charge on any atom is 0.279 e. The maximum atomic E-state index is 10.9. The Kier molecular flexibility index (Phi) is 3.41. The average Bonchev–Trinajstić information content (AvgIpc) is 2.88. The van der Waals surface area contributed by atoms with E-state index in [1.54, 1.807) is 12.1 Å². The van der Waals surface area contributed by atoms with Crippen molar-refractivity contribution in [2.45, 2.75) is 10.1 Å². The molecule has 7 heteroatoms. The molecule has 1 aromatic heterocycles. The molecule has 3 aromatic rings. The van der Waals surface area contributed by atoms with Crippen molar-refractivity contribution < 1.29 is 14.1 Å². The Morgan fingerprint density at radius 2 is 2.05 bits per heavy atom. The van der Waals surface area contributed by atoms with Crippen molar-refractivity contribution in [2.24, 2.45) is 0 Å². The van der Waals surface area contributed by atoms with Crippen molar-refractivity contribution in [2.75, 3.05) is 0 Å². The first kappa shape index (κ1) is 13.3. The summed E-state index contributed by atoms with van der Waals surface area (Å²) in [4.78, 5) is 26.1. The summed E-state index contributed by atoms with van der Waals surface area (Å²) in [5.74, 6) is 0. The molecular weight excluding hydrogens is 292 g/mol. The number of nitro groups is 1. The summed E-state index contributed by atoms with van der Waals surface area (Å²) in [6, 6.07) is 11.6. The first-order valence-corrected chi connectivity index (χ1v) is 6.76. The Labute approximate surface area is 122 Å². The highest BCUT2D eigenvalue weighted by Crippen LogP contribution is 2.32. The molecule has 0 radical (unpaired) electrons. The fourth-order valence-electron chi connectivity index (χ4n) is 1.85. The number of oxazole rings is 1. The Morgan fingerprint density at radius 1 is 1.24 bits per heavy atom. The number of nitro benzene ring substituents is 1. The molecule has 1 heterocycles. The number of carbonyl (C=O) groups excluding carboxylic acids is 1. The lowest BCUT2D eigenvalue weighted by molar-refractivity contribution is -0.385. The standard InChI is InChI=1S/C14H8N2O4S/c17-8-9-7-10(5-6-12(9)16(18)19)21-14-15-11-3-1-2-4-13(11)20-14/h1-8H. The molecule has 6 nitrogen and oxygen atoms in total. The Morgan fingerprint density at radius 3 is 2.76 bits per heavy atom. The van der Waals surface area contributed by atoms with Crippen LogP contribution in [0.2, 0.25) is 0 Å². The van der Waals surface area contributed by atoms with Crippen LogP contribution in [-0.4, -0.2) is 16.2 Å². The lowest BCUT2D eigenvalue weighted by Crippen LogP contribution is -1.94. The van der Waals surface area contributed by atoms with Crippen LogP contribution in [0.3, 0.4) is 0 Å². The third-order valence-electron chi connectivity index (χ3n) is 2.80. The van der Waals surface area contributed by atoms with Crippen LogP contribution >= 0.6 is 11.8 Å². The van der Waals surface area contributed by atoms with Crippen molar-refractivity contribution in [3.63, 3.8) is 0 Å². The summed E-state index contributed by atoms with van der Waals surface area (Å²) in [7, 11) is 0. The molecular formula is C14H8N2O4S. The fourth-order valence-corrected chi connectivity index (χ4v) is 2.65. The molecule has 0 aliphatic rings. The summed E-state index contributed by atoms with van der Waals surface area (Å²) in [6.45, 7) is 0. The lowest BCUT2D eigenvalue weighted by Gasteiger charge is -1.99. The minimum Gasteiger partial charge on any atom is -0.431 e. The number of para-hydroxylation sites is 2. The van der Waals surface area contributed by atoms with Gasteiger partial charge in [-0.1, -0.05) is 12.1 Å². The van der Waals surface area contributed by atoms with E-state index in [9.17, 15) is 14.9 Å². The van der Waals surface area contributed by atoms with Crippen LogP contribution in [-0.2, 0) is 0 Å². The highest BCUT2D eigenvalue weighted by molar-refractivity contribution is 7.99. The van der Waals surface area contributed by atoms with Crippen LogP contribution in [0.4, 0.5) is 5.69 Å². The minimum absolute atomic E-state index is 0.0288. The minimum atomic E-state index is -0.586. The van der Waals surface area contributed by atoms with Crippen molar-refractivity contribution in [3.05, 3.63) is 58.1 Å². The van der Waals surface area contributed by atoms with Crippen LogP contribution in [0.5, 0.6) is 0 Å². The summed E-state index contributed by atoms with van der Waals surface area (Å²) < 4.78 is 5.55. The quantitative estimate of drug-likeness (QED) is 0.415. The van der Waals surface area contributed by atoms with Gasteiger partial charge in [0.15, 0.2) is 11.9 Å². The van der Waals surface area contributed by atoms with Crippen LogP contribution in [0.1, 0.15) is 10.4 Å². The first-order chi connectivity index (χ1) is 10.2. The largest absolute Gasteiger partial charge is 0.431 e. The van der Waals surface area contributed by atoms with E-state index in [4.69, 9.17) is 4.42 Å². The number of carbonyl (C=O) groups is 1. The van der Waals surface area contributed by atoms with Gasteiger partial charge in [0.1, 0.15) is 5.52 Å². The van der Waals surface area contributed by atoms with E-state index in [-0.39, 0.29) is 11.3 Å². The smallest absolute Gasteiger partial charge is 0.279 e. The molecule has 21 heavy (non-hydrogen) atoms. The van der Waals surface area contributed by atoms with Gasteiger partial charge < -0.3 is 4.42 Å². The molecule has 0 aliphatic heterocycles. The van der Waals surface area contributed by atoms with Crippen molar-refractivity contribution >= 4 is 34.8 Å². The molecule has 0 bridgehead atoms. The van der Waals surface area contributed by atoms with Gasteiger partial charge in [-0.3, -0.25) is 14.9 Å². The van der Waals surface area contributed by atoms with Crippen LogP contribution in [0.15, 0.2) is 57.0 Å². The van der Waals surface area contributed by atoms with E-state index in [0.717, 1.165) is 5.52 Å². The number of hydrogen-bond acceptors (Lipinski definition) is 6. The summed E-state index contributed by atoms with van der Waals surface area (Å²) >= 11 is 1.20. The van der Waals surface area contributed by atoms with Crippen molar-refractivity contribution in [1.82, 2.24) is 4.98 Å². The number of benzene rings is 2. The van der Waals surface area contributed by atoms with Gasteiger partial charge in [-0.25, -0.2) is 4.98 Å². The van der Waals surface area contributed by atoms with E-state index < -0.39 is 4.92 Å². The zero-order chi connectivity index (χ0) is 14.8. The van der Waals surface area contributed by atoms with Gasteiger partial charge in [0.05, 0.1) is 10.5 Å². The molecule has 0 saturated carbocycles. The predicted molar refractivity (Wildman–Crippen MR) is 76.6 cm³/mol. The highest BCUT2D eigenvalue weighted by Gasteiger charge is 2.15. The van der Waals surface area contributed by atoms with Gasteiger partial charge in [0.2, 0.25) is 0 Å². The van der Waals surface area contributed by atoms with E-state index in [0.29, 0.717) is 22.0 Å². The molecule has 0 unspecified atom stereocenters. The van der Waals surface area contributed by atoms with Gasteiger partial charge in [0, 0.05) is 11.0 Å². The molecule has 2 aromatic carbocycles. The molecule has 0 fully saturated rings. The van der Waals surface area contributed by atoms with E-state index in [2.05, 4.69) is 4.98 Å². The lowest BCUT2D eigenvalue weighted by atomic mass is 10.2. The summed E-state index contributed by atoms with van der Waals surface area (Å²) in [5, 5.41) is 11.2. The second-order valence-corrected chi connectivity index (χ2v) is 5.17. The Hall–Kier alpha value is -2.67. The van der Waals surface area contributed by atoms with Crippen molar-refractivity contribution in [3.8, 4) is 0 Å². The van der Waals surface area contributed by atoms with Gasteiger partial charge in [-0.15, -0.1) is 0 Å². The monoisotopic (exact) mass is 300 g/mol. The Bertz CT molecular complexity index is 811. The number of aromatic nitrogens is 1. The topological polar surface area (TPSA) is 86.2 Å². The van der Waals surface area contributed by atoms with E-state index in [1.165, 1.54) is 23.9 Å². The third-order valence-corrected chi connectivity index (χ3v) is 3.64. The Balaban J connectivity index is 1.94. The van der Waals surface area contributed by atoms with Gasteiger partial charge in [0.25, 0.3) is 10.9 Å². The van der Waals surface area contributed by atoms with E-state index in [1.807, 2.05) is 18.2 Å². The number of rotatable bonds is 4. The number of nitrogens with zero attached hydrogens (tertiary/aromatic N) is 2. The first-order valence-electron chi connectivity index (χ1n) is 5.94. The molecule has 0 N–H and O–H groups in total. The van der Waals surface area contributed by atoms with Crippen LogP contribution in [0, 0.1) is 10.1 Å². The molecule has 0 atom stereocenters. The van der Waals surface area contributed by atoms with Crippen molar-refractivity contribution in [1.29, 1.82) is 0 Å². The second kappa shape index (κ2) is 5.37. The molecule has 0 amide bonds. The maximum absolute atomic E-state index is 10.9. The zero-order valence-corrected chi connectivity index (χ0v) is 11.4. The predicted octanol–water partition coefficient (Wildman–Crippen LogP) is 3.70. The summed E-state index contributed by atoms with van der Waals surface area (Å²) in [5.41, 5.74) is 1.21. The summed E-state index contributed by atoms with van der Waals surface area (Å²) in [6.07, 6.45) is 0.467. The molecule has 0 saturated heterocycles. The fraction of sp³-hybridized carbons (Fsp3) is 0. The van der Waals surface area contributed by atoms with Crippen LogP contribution < -0.4 is 0 Å². The molecule has 0 aliphatic carbocycles. The average molecular weight is 300 g/mol. The van der Waals surface area contributed by atoms with E-state index >= 15 is 0 Å². The normalized spacial score (nSPS) is 10.7. The van der Waals surface area contributed by atoms with Gasteiger partial charge in [-0.05, 0) is 36.0 Å². The molecule has 3 rings (SSSR count). The number of aldehydes is 1. The van der Waals surface area contributed by atoms with Crippen LogP contribution in [0.25, 0.3) is 11.1 Å². The number of fused-ring (bicyclic) bond motifs is 1. The molecule has 104 valence electrons. The van der Waals surface area contributed by atoms with Gasteiger partial charge in [-0.2, -0.15) is 0 Å². The SMILES string of the molecule is O=Cc1cc(Sc2nc3ccccc3o2)ccc1[N+](=O)[O-]. The molecule has 0 spiro atoms. The zero-order valence-electron chi connectivity index (χ0n) is 10.6. The number of hydrogen-bond donors (Lipinski definition) is 0.